The van der Waals surface area contributed by atoms with Crippen molar-refractivity contribution >= 4 is 23.6 Å². The number of nitrogens with zero attached hydrogens (tertiary/aromatic N) is 3. The second-order valence-corrected chi connectivity index (χ2v) is 7.26. The molecule has 1 aliphatic heterocycles. The van der Waals surface area contributed by atoms with E-state index in [-0.39, 0.29) is 24.1 Å². The predicted octanol–water partition coefficient (Wildman–Crippen LogP) is 3.29. The summed E-state index contributed by atoms with van der Waals surface area (Å²) in [6.45, 7) is 5.19. The van der Waals surface area contributed by atoms with Crippen LogP contribution in [0, 0.1) is 0 Å². The zero-order chi connectivity index (χ0) is 20.8. The molecule has 3 rings (SSSR count). The Kier molecular flexibility index (Phi) is 6.58. The molecule has 0 aliphatic carbocycles. The van der Waals surface area contributed by atoms with Gasteiger partial charge in [-0.15, -0.1) is 0 Å². The molecule has 0 radical (unpaired) electrons. The van der Waals surface area contributed by atoms with E-state index < -0.39 is 0 Å². The van der Waals surface area contributed by atoms with E-state index >= 15 is 0 Å². The molecule has 1 aromatic carbocycles. The van der Waals surface area contributed by atoms with Gasteiger partial charge in [-0.05, 0) is 38.8 Å². The van der Waals surface area contributed by atoms with Gasteiger partial charge < -0.3 is 20.3 Å². The number of amides is 4. The van der Waals surface area contributed by atoms with Crippen LogP contribution in [-0.2, 0) is 0 Å². The Balaban J connectivity index is 1.59. The highest BCUT2D eigenvalue weighted by atomic mass is 16.5. The van der Waals surface area contributed by atoms with E-state index in [1.165, 1.54) is 0 Å². The fraction of sp³-hybridized carbons (Fsp3) is 0.450. The summed E-state index contributed by atoms with van der Waals surface area (Å²) < 4.78 is 7.08. The minimum atomic E-state index is -0.370. The van der Waals surface area contributed by atoms with Crippen molar-refractivity contribution in [3.63, 3.8) is 0 Å². The molecule has 3 N–H and O–H groups in total. The molecule has 1 fully saturated rings. The number of benzene rings is 1. The van der Waals surface area contributed by atoms with Crippen LogP contribution < -0.4 is 20.7 Å². The highest BCUT2D eigenvalue weighted by Crippen LogP contribution is 2.26. The molecule has 0 spiro atoms. The van der Waals surface area contributed by atoms with Crippen molar-refractivity contribution in [2.24, 2.45) is 0 Å². The number of piperidine rings is 1. The van der Waals surface area contributed by atoms with E-state index in [1.54, 1.807) is 31.5 Å². The summed E-state index contributed by atoms with van der Waals surface area (Å²) in [7, 11) is 1.56. The lowest BCUT2D eigenvalue weighted by Crippen LogP contribution is -2.46. The number of ether oxygens (including phenoxy) is 1. The number of hydrogen-bond acceptors (Lipinski definition) is 4. The number of rotatable bonds is 5. The van der Waals surface area contributed by atoms with Gasteiger partial charge in [0.25, 0.3) is 0 Å². The SMILES string of the molecule is COc1ccccc1NC(=O)Nc1ccnn1C1CCN(C(=O)NC(C)C)CC1. The molecule has 0 unspecified atom stereocenters. The molecule has 0 atom stereocenters. The Labute approximate surface area is 170 Å². The maximum Gasteiger partial charge on any atom is 0.324 e. The first-order valence-corrected chi connectivity index (χ1v) is 9.78. The fourth-order valence-electron chi connectivity index (χ4n) is 3.37. The first-order valence-electron chi connectivity index (χ1n) is 9.78. The lowest BCUT2D eigenvalue weighted by Gasteiger charge is -2.33. The second kappa shape index (κ2) is 9.31. The number of para-hydroxylation sites is 2. The number of urea groups is 2. The summed E-state index contributed by atoms with van der Waals surface area (Å²) in [5, 5.41) is 12.9. The van der Waals surface area contributed by atoms with Gasteiger partial charge in [0, 0.05) is 25.2 Å². The van der Waals surface area contributed by atoms with Gasteiger partial charge in [-0.3, -0.25) is 5.32 Å². The predicted molar refractivity (Wildman–Crippen MR) is 111 cm³/mol. The van der Waals surface area contributed by atoms with Crippen LogP contribution in [0.25, 0.3) is 0 Å². The molecule has 1 aliphatic rings. The van der Waals surface area contributed by atoms with Crippen LogP contribution in [0.5, 0.6) is 5.75 Å². The van der Waals surface area contributed by atoms with Crippen LogP contribution in [0.2, 0.25) is 0 Å². The van der Waals surface area contributed by atoms with Gasteiger partial charge in [0.05, 0.1) is 25.0 Å². The first kappa shape index (κ1) is 20.5. The Morgan fingerprint density at radius 1 is 1.14 bits per heavy atom. The molecule has 0 saturated carbocycles. The fourth-order valence-corrected chi connectivity index (χ4v) is 3.37. The molecule has 2 heterocycles. The average Bonchev–Trinajstić information content (AvgIpc) is 3.16. The normalized spacial score (nSPS) is 14.6. The molecule has 9 nitrogen and oxygen atoms in total. The summed E-state index contributed by atoms with van der Waals surface area (Å²) in [4.78, 5) is 26.4. The smallest absolute Gasteiger partial charge is 0.324 e. The highest BCUT2D eigenvalue weighted by molar-refractivity contribution is 6.00. The van der Waals surface area contributed by atoms with E-state index in [1.807, 2.05) is 35.6 Å². The third-order valence-corrected chi connectivity index (χ3v) is 4.78. The first-order chi connectivity index (χ1) is 14.0. The van der Waals surface area contributed by atoms with Crippen molar-refractivity contribution in [3.8, 4) is 5.75 Å². The van der Waals surface area contributed by atoms with Crippen molar-refractivity contribution in [1.29, 1.82) is 0 Å². The minimum absolute atomic E-state index is 0.0338. The molecular formula is C20H28N6O3. The Hall–Kier alpha value is -3.23. The van der Waals surface area contributed by atoms with Crippen LogP contribution in [0.3, 0.4) is 0 Å². The van der Waals surface area contributed by atoms with Crippen molar-refractivity contribution in [2.75, 3.05) is 30.8 Å². The lowest BCUT2D eigenvalue weighted by molar-refractivity contribution is 0.167. The molecular weight excluding hydrogens is 372 g/mol. The van der Waals surface area contributed by atoms with Crippen molar-refractivity contribution in [1.82, 2.24) is 20.0 Å². The minimum Gasteiger partial charge on any atom is -0.495 e. The van der Waals surface area contributed by atoms with Crippen LogP contribution in [0.1, 0.15) is 32.7 Å². The number of nitrogens with one attached hydrogen (secondary N) is 3. The van der Waals surface area contributed by atoms with Crippen LogP contribution in [0.4, 0.5) is 21.1 Å². The summed E-state index contributed by atoms with van der Waals surface area (Å²) >= 11 is 0. The summed E-state index contributed by atoms with van der Waals surface area (Å²) in [6.07, 6.45) is 3.21. The highest BCUT2D eigenvalue weighted by Gasteiger charge is 2.26. The molecule has 2 aromatic rings. The summed E-state index contributed by atoms with van der Waals surface area (Å²) in [6, 6.07) is 8.81. The summed E-state index contributed by atoms with van der Waals surface area (Å²) in [5.74, 6) is 1.20. The standard InChI is InChI=1S/C20H28N6O3/c1-14(2)22-20(28)25-12-9-15(10-13-25)26-18(8-11-21-26)24-19(27)23-16-6-4-5-7-17(16)29-3/h4-8,11,14-15H,9-10,12-13H2,1-3H3,(H,22,28)(H2,23,24,27). The number of methoxy groups -OCH3 is 1. The Bertz CT molecular complexity index is 842. The lowest BCUT2D eigenvalue weighted by atomic mass is 10.1. The molecule has 4 amide bonds. The number of likely N-dealkylation sites (tertiary alicyclic amines) is 1. The van der Waals surface area contributed by atoms with Gasteiger partial charge in [0.1, 0.15) is 11.6 Å². The number of anilines is 2. The molecule has 9 heteroatoms. The van der Waals surface area contributed by atoms with Gasteiger partial charge in [0.15, 0.2) is 0 Å². The topological polar surface area (TPSA) is 101 Å². The van der Waals surface area contributed by atoms with Crippen molar-refractivity contribution < 1.29 is 14.3 Å². The Morgan fingerprint density at radius 3 is 2.55 bits per heavy atom. The summed E-state index contributed by atoms with van der Waals surface area (Å²) in [5.41, 5.74) is 0.586. The van der Waals surface area contributed by atoms with Gasteiger partial charge in [-0.1, -0.05) is 12.1 Å². The van der Waals surface area contributed by atoms with Crippen molar-refractivity contribution in [2.45, 2.75) is 38.8 Å². The molecule has 1 saturated heterocycles. The van der Waals surface area contributed by atoms with Gasteiger partial charge in [0.2, 0.25) is 0 Å². The monoisotopic (exact) mass is 400 g/mol. The van der Waals surface area contributed by atoms with Gasteiger partial charge in [-0.2, -0.15) is 5.10 Å². The Morgan fingerprint density at radius 2 is 1.86 bits per heavy atom. The number of aromatic nitrogens is 2. The largest absolute Gasteiger partial charge is 0.495 e. The number of hydrogen-bond donors (Lipinski definition) is 3. The maximum atomic E-state index is 12.4. The van der Waals surface area contributed by atoms with E-state index in [4.69, 9.17) is 4.74 Å². The van der Waals surface area contributed by atoms with Gasteiger partial charge in [-0.25, -0.2) is 14.3 Å². The third kappa shape index (κ3) is 5.18. The third-order valence-electron chi connectivity index (χ3n) is 4.78. The molecule has 29 heavy (non-hydrogen) atoms. The zero-order valence-corrected chi connectivity index (χ0v) is 17.0. The quantitative estimate of drug-likeness (QED) is 0.717. The van der Waals surface area contributed by atoms with E-state index in [9.17, 15) is 9.59 Å². The number of carbonyl (C=O) groups is 2. The van der Waals surface area contributed by atoms with E-state index in [2.05, 4.69) is 21.0 Å². The van der Waals surface area contributed by atoms with Crippen LogP contribution in [0.15, 0.2) is 36.5 Å². The maximum absolute atomic E-state index is 12.4. The molecule has 156 valence electrons. The average molecular weight is 400 g/mol. The van der Waals surface area contributed by atoms with Gasteiger partial charge >= 0.3 is 12.1 Å². The van der Waals surface area contributed by atoms with Crippen LogP contribution >= 0.6 is 0 Å². The number of carbonyl (C=O) groups excluding carboxylic acids is 2. The second-order valence-electron chi connectivity index (χ2n) is 7.26. The molecule has 1 aromatic heterocycles. The van der Waals surface area contributed by atoms with E-state index in [0.717, 1.165) is 12.8 Å². The van der Waals surface area contributed by atoms with E-state index in [0.29, 0.717) is 30.3 Å². The molecule has 0 bridgehead atoms. The zero-order valence-electron chi connectivity index (χ0n) is 17.0. The van der Waals surface area contributed by atoms with Crippen molar-refractivity contribution in [3.05, 3.63) is 36.5 Å². The van der Waals surface area contributed by atoms with Crippen LogP contribution in [-0.4, -0.2) is 53.0 Å².